The maximum Gasteiger partial charge on any atom is 0.0929 e. The molecule has 0 amide bonds. The predicted octanol–water partition coefficient (Wildman–Crippen LogP) is 5.42. The number of nitrogens with zero attached hydrogens (tertiary/aromatic N) is 3. The second kappa shape index (κ2) is 7.66. The molecule has 0 saturated carbocycles. The van der Waals surface area contributed by atoms with Crippen molar-refractivity contribution in [3.63, 3.8) is 0 Å². The van der Waals surface area contributed by atoms with Crippen molar-refractivity contribution in [2.24, 2.45) is 15.3 Å². The lowest BCUT2D eigenvalue weighted by atomic mass is 10.1. The highest BCUT2D eigenvalue weighted by molar-refractivity contribution is 5.83. The molecular weight excluding hydrogens is 284 g/mol. The molecule has 2 aliphatic rings. The molecule has 2 heterocycles. The largest absolute Gasteiger partial charge is 0.278 e. The second-order valence-corrected chi connectivity index (χ2v) is 4.81. The van der Waals surface area contributed by atoms with Gasteiger partial charge < -0.3 is 0 Å². The van der Waals surface area contributed by atoms with Crippen molar-refractivity contribution < 1.29 is 0 Å². The van der Waals surface area contributed by atoms with E-state index in [1.807, 2.05) is 78.9 Å². The highest BCUT2D eigenvalue weighted by atomic mass is 15.3. The molecule has 0 atom stereocenters. The van der Waals surface area contributed by atoms with Crippen LogP contribution in [0.3, 0.4) is 0 Å². The SMILES string of the molecule is C1=CN=Nc2ccccc2C=C1.C1=Cc2ccccc2NN=C1. The van der Waals surface area contributed by atoms with Crippen molar-refractivity contribution in [2.45, 2.75) is 0 Å². The summed E-state index contributed by atoms with van der Waals surface area (Å²) in [5.41, 5.74) is 7.17. The number of allylic oxidation sites excluding steroid dienone is 3. The minimum atomic E-state index is 0.915. The number of hydrogen-bond donors (Lipinski definition) is 1. The van der Waals surface area contributed by atoms with Crippen LogP contribution in [0.2, 0.25) is 0 Å². The molecule has 2 aromatic rings. The molecule has 0 radical (unpaired) electrons. The zero-order chi connectivity index (χ0) is 15.7. The van der Waals surface area contributed by atoms with Gasteiger partial charge in [-0.15, -0.1) is 0 Å². The molecule has 0 spiro atoms. The molecule has 0 aromatic heterocycles. The van der Waals surface area contributed by atoms with E-state index in [0.29, 0.717) is 0 Å². The van der Waals surface area contributed by atoms with Crippen LogP contribution >= 0.6 is 0 Å². The fourth-order valence-electron chi connectivity index (χ4n) is 2.10. The summed E-state index contributed by atoms with van der Waals surface area (Å²) in [7, 11) is 0. The number of hydrogen-bond acceptors (Lipinski definition) is 4. The fraction of sp³-hybridized carbons (Fsp3) is 0. The number of benzene rings is 2. The van der Waals surface area contributed by atoms with E-state index in [1.165, 1.54) is 5.56 Å². The highest BCUT2D eigenvalue weighted by Gasteiger charge is 1.97. The lowest BCUT2D eigenvalue weighted by molar-refractivity contribution is 1.22. The van der Waals surface area contributed by atoms with Crippen LogP contribution in [-0.4, -0.2) is 6.21 Å². The van der Waals surface area contributed by atoms with Crippen LogP contribution in [0.1, 0.15) is 11.1 Å². The molecule has 0 unspecified atom stereocenters. The number of rotatable bonds is 0. The van der Waals surface area contributed by atoms with Crippen molar-refractivity contribution in [2.75, 3.05) is 5.43 Å². The van der Waals surface area contributed by atoms with E-state index in [1.54, 1.807) is 12.4 Å². The number of fused-ring (bicyclic) bond motifs is 2. The first kappa shape index (κ1) is 14.7. The highest BCUT2D eigenvalue weighted by Crippen LogP contribution is 2.21. The Morgan fingerprint density at radius 1 is 0.739 bits per heavy atom. The standard InChI is InChI=1S/C10H8N2.C9H8N2/c1-2-7-10-9(5-1)6-3-4-8-11-12-10;1-2-6-9-8(4-1)5-3-7-10-11-9/h1-8H;1-7,11H. The predicted molar refractivity (Wildman–Crippen MR) is 96.7 cm³/mol. The van der Waals surface area contributed by atoms with Gasteiger partial charge in [-0.25, -0.2) is 0 Å². The van der Waals surface area contributed by atoms with Crippen molar-refractivity contribution >= 4 is 29.7 Å². The van der Waals surface area contributed by atoms with Gasteiger partial charge in [0, 0.05) is 18.0 Å². The zero-order valence-corrected chi connectivity index (χ0v) is 12.5. The van der Waals surface area contributed by atoms with E-state index in [4.69, 9.17) is 0 Å². The molecule has 112 valence electrons. The van der Waals surface area contributed by atoms with E-state index < -0.39 is 0 Å². The minimum Gasteiger partial charge on any atom is -0.278 e. The Morgan fingerprint density at radius 3 is 2.48 bits per heavy atom. The molecule has 4 heteroatoms. The van der Waals surface area contributed by atoms with Crippen LogP contribution in [0, 0.1) is 0 Å². The molecule has 4 nitrogen and oxygen atoms in total. The average molecular weight is 300 g/mol. The third-order valence-electron chi connectivity index (χ3n) is 3.22. The zero-order valence-electron chi connectivity index (χ0n) is 12.5. The van der Waals surface area contributed by atoms with E-state index in [-0.39, 0.29) is 0 Å². The van der Waals surface area contributed by atoms with Gasteiger partial charge in [-0.1, -0.05) is 54.6 Å². The molecule has 2 aromatic carbocycles. The van der Waals surface area contributed by atoms with Crippen molar-refractivity contribution in [3.05, 3.63) is 84.1 Å². The van der Waals surface area contributed by atoms with Gasteiger partial charge in [0.25, 0.3) is 0 Å². The van der Waals surface area contributed by atoms with E-state index >= 15 is 0 Å². The number of para-hydroxylation sites is 1. The summed E-state index contributed by atoms with van der Waals surface area (Å²) < 4.78 is 0. The van der Waals surface area contributed by atoms with Gasteiger partial charge in [0.2, 0.25) is 0 Å². The topological polar surface area (TPSA) is 49.1 Å². The Morgan fingerprint density at radius 2 is 1.52 bits per heavy atom. The lowest BCUT2D eigenvalue weighted by Crippen LogP contribution is -1.87. The molecule has 2 aliphatic heterocycles. The molecule has 0 saturated heterocycles. The number of anilines is 1. The maximum absolute atomic E-state index is 4.03. The van der Waals surface area contributed by atoms with Crippen LogP contribution in [-0.2, 0) is 0 Å². The van der Waals surface area contributed by atoms with Gasteiger partial charge in [0.1, 0.15) is 0 Å². The van der Waals surface area contributed by atoms with Gasteiger partial charge in [-0.3, -0.25) is 5.43 Å². The van der Waals surface area contributed by atoms with Gasteiger partial charge >= 0.3 is 0 Å². The smallest absolute Gasteiger partial charge is 0.0929 e. The van der Waals surface area contributed by atoms with Crippen LogP contribution in [0.4, 0.5) is 11.4 Å². The lowest BCUT2D eigenvalue weighted by Gasteiger charge is -2.00. The quantitative estimate of drug-likeness (QED) is 0.693. The summed E-state index contributed by atoms with van der Waals surface area (Å²) in [6, 6.07) is 16.0. The first-order valence-corrected chi connectivity index (χ1v) is 7.31. The summed E-state index contributed by atoms with van der Waals surface area (Å²) in [6.45, 7) is 0. The summed E-state index contributed by atoms with van der Waals surface area (Å²) in [5, 5.41) is 11.8. The van der Waals surface area contributed by atoms with Gasteiger partial charge in [-0.05, 0) is 29.8 Å². The Balaban J connectivity index is 0.000000136. The Hall–Kier alpha value is -3.27. The molecule has 0 fully saturated rings. The maximum atomic E-state index is 4.03. The van der Waals surface area contributed by atoms with Crippen LogP contribution in [0.5, 0.6) is 0 Å². The first-order valence-electron chi connectivity index (χ1n) is 7.31. The number of nitrogens with one attached hydrogen (secondary N) is 1. The monoisotopic (exact) mass is 300 g/mol. The van der Waals surface area contributed by atoms with E-state index in [2.05, 4.69) is 20.8 Å². The summed E-state index contributed by atoms with van der Waals surface area (Å²) >= 11 is 0. The van der Waals surface area contributed by atoms with Crippen LogP contribution in [0.25, 0.3) is 12.2 Å². The summed E-state index contributed by atoms with van der Waals surface area (Å²) in [6.07, 6.45) is 13.2. The van der Waals surface area contributed by atoms with Gasteiger partial charge in [0.05, 0.1) is 11.4 Å². The molecule has 1 N–H and O–H groups in total. The fourth-order valence-corrected chi connectivity index (χ4v) is 2.10. The van der Waals surface area contributed by atoms with E-state index in [0.717, 1.165) is 16.9 Å². The number of hydrazone groups is 1. The number of azo groups is 1. The third kappa shape index (κ3) is 4.11. The summed E-state index contributed by atoms with van der Waals surface area (Å²) in [5.74, 6) is 0. The average Bonchev–Trinajstić information content (AvgIpc) is 2.81. The molecule has 0 bridgehead atoms. The molecule has 4 rings (SSSR count). The van der Waals surface area contributed by atoms with Crippen LogP contribution < -0.4 is 5.43 Å². The van der Waals surface area contributed by atoms with Gasteiger partial charge in [-0.2, -0.15) is 15.3 Å². The third-order valence-corrected chi connectivity index (χ3v) is 3.22. The van der Waals surface area contributed by atoms with Gasteiger partial charge in [0.15, 0.2) is 0 Å². The van der Waals surface area contributed by atoms with Crippen molar-refractivity contribution in [1.82, 2.24) is 0 Å². The van der Waals surface area contributed by atoms with Crippen LogP contribution in [0.15, 0.2) is 88.3 Å². The Kier molecular flexibility index (Phi) is 4.88. The normalized spacial score (nSPS) is 13.6. The Bertz CT molecular complexity index is 779. The molecule has 0 aliphatic carbocycles. The Labute approximate surface area is 135 Å². The minimum absolute atomic E-state index is 0.915. The summed E-state index contributed by atoms with van der Waals surface area (Å²) in [4.78, 5) is 0. The second-order valence-electron chi connectivity index (χ2n) is 4.81. The molecule has 23 heavy (non-hydrogen) atoms. The van der Waals surface area contributed by atoms with Crippen molar-refractivity contribution in [1.29, 1.82) is 0 Å². The molecular formula is C19H16N4. The van der Waals surface area contributed by atoms with E-state index in [9.17, 15) is 0 Å². The van der Waals surface area contributed by atoms with Crippen molar-refractivity contribution in [3.8, 4) is 0 Å². The first-order chi connectivity index (χ1) is 11.4.